The lowest BCUT2D eigenvalue weighted by atomic mass is 9.99. The first kappa shape index (κ1) is 12.1. The number of rotatable bonds is 3. The van der Waals surface area contributed by atoms with Crippen LogP contribution in [0.3, 0.4) is 0 Å². The van der Waals surface area contributed by atoms with E-state index in [1.807, 2.05) is 12.1 Å². The summed E-state index contributed by atoms with van der Waals surface area (Å²) in [5.41, 5.74) is 3.18. The number of benzene rings is 1. The summed E-state index contributed by atoms with van der Waals surface area (Å²) in [6.45, 7) is 6.93. The van der Waals surface area contributed by atoms with Crippen molar-refractivity contribution in [3.63, 3.8) is 0 Å². The molecule has 1 aliphatic heterocycles. The Balaban J connectivity index is 2.42. The van der Waals surface area contributed by atoms with Gasteiger partial charge in [0.25, 0.3) is 0 Å². The third kappa shape index (κ3) is 2.50. The molecule has 17 heavy (non-hydrogen) atoms. The van der Waals surface area contributed by atoms with Crippen molar-refractivity contribution in [2.45, 2.75) is 32.7 Å². The predicted molar refractivity (Wildman–Crippen MR) is 68.5 cm³/mol. The van der Waals surface area contributed by atoms with Crippen LogP contribution in [0.1, 0.15) is 30.5 Å². The van der Waals surface area contributed by atoms with Gasteiger partial charge in [-0.2, -0.15) is 0 Å². The van der Waals surface area contributed by atoms with Gasteiger partial charge in [-0.15, -0.1) is 0 Å². The van der Waals surface area contributed by atoms with E-state index < -0.39 is 0 Å². The second kappa shape index (κ2) is 4.49. The van der Waals surface area contributed by atoms with Gasteiger partial charge in [0.2, 0.25) is 5.90 Å². The number of ether oxygens (including phenoxy) is 1. The van der Waals surface area contributed by atoms with Gasteiger partial charge in [-0.05, 0) is 44.4 Å². The quantitative estimate of drug-likeness (QED) is 0.868. The smallest absolute Gasteiger partial charge is 0.217 e. The monoisotopic (exact) mass is 233 g/mol. The van der Waals surface area contributed by atoms with Gasteiger partial charge in [-0.3, -0.25) is 0 Å². The zero-order valence-electron chi connectivity index (χ0n) is 10.7. The Morgan fingerprint density at radius 2 is 2.18 bits per heavy atom. The molecular weight excluding hydrogens is 214 g/mol. The summed E-state index contributed by atoms with van der Waals surface area (Å²) >= 11 is 0. The van der Waals surface area contributed by atoms with Crippen LogP contribution in [0, 0.1) is 6.92 Å². The van der Waals surface area contributed by atoms with Gasteiger partial charge in [0.05, 0.1) is 5.54 Å². The van der Waals surface area contributed by atoms with Crippen LogP contribution in [0.2, 0.25) is 0 Å². The summed E-state index contributed by atoms with van der Waals surface area (Å²) in [6.07, 6.45) is 0.644. The zero-order valence-corrected chi connectivity index (χ0v) is 10.7. The van der Waals surface area contributed by atoms with Crippen LogP contribution >= 0.6 is 0 Å². The van der Waals surface area contributed by atoms with E-state index in [-0.39, 0.29) is 12.1 Å². The fourth-order valence-corrected chi connectivity index (χ4v) is 2.07. The molecule has 0 radical (unpaired) electrons. The first-order valence-corrected chi connectivity index (χ1v) is 5.96. The molecule has 0 aliphatic carbocycles. The lowest BCUT2D eigenvalue weighted by Crippen LogP contribution is -2.17. The van der Waals surface area contributed by atoms with E-state index in [2.05, 4.69) is 31.8 Å². The molecule has 3 nitrogen and oxygen atoms in total. The van der Waals surface area contributed by atoms with Crippen molar-refractivity contribution in [1.82, 2.24) is 0 Å². The molecule has 0 bridgehead atoms. The van der Waals surface area contributed by atoms with Crippen LogP contribution in [0.15, 0.2) is 23.2 Å². The molecule has 0 aromatic heterocycles. The molecule has 0 saturated heterocycles. The maximum Gasteiger partial charge on any atom is 0.217 e. The van der Waals surface area contributed by atoms with E-state index in [1.54, 1.807) is 0 Å². The van der Waals surface area contributed by atoms with E-state index in [1.165, 1.54) is 5.56 Å². The van der Waals surface area contributed by atoms with E-state index in [9.17, 15) is 0 Å². The number of aliphatic hydroxyl groups is 1. The van der Waals surface area contributed by atoms with Crippen LogP contribution in [0.25, 0.3) is 0 Å². The summed E-state index contributed by atoms with van der Waals surface area (Å²) in [5, 5.41) is 9.13. The Kier molecular flexibility index (Phi) is 3.20. The topological polar surface area (TPSA) is 41.8 Å². The lowest BCUT2D eigenvalue weighted by molar-refractivity contribution is 0.279. The summed E-state index contributed by atoms with van der Waals surface area (Å²) < 4.78 is 5.66. The molecular formula is C14H19NO2. The Morgan fingerprint density at radius 1 is 1.41 bits per heavy atom. The van der Waals surface area contributed by atoms with Crippen LogP contribution in [0.5, 0.6) is 0 Å². The second-order valence-corrected chi connectivity index (χ2v) is 5.09. The lowest BCUT2D eigenvalue weighted by Gasteiger charge is -2.11. The van der Waals surface area contributed by atoms with Gasteiger partial charge < -0.3 is 9.84 Å². The van der Waals surface area contributed by atoms with E-state index in [0.717, 1.165) is 11.1 Å². The molecule has 92 valence electrons. The molecule has 1 N–H and O–H groups in total. The van der Waals surface area contributed by atoms with Crippen molar-refractivity contribution in [1.29, 1.82) is 0 Å². The molecule has 1 heterocycles. The maximum atomic E-state index is 9.13. The Labute approximate surface area is 102 Å². The van der Waals surface area contributed by atoms with E-state index in [0.29, 0.717) is 18.9 Å². The molecule has 1 aromatic carbocycles. The molecule has 0 saturated carbocycles. The highest BCUT2D eigenvalue weighted by atomic mass is 16.5. The first-order chi connectivity index (χ1) is 8.03. The minimum absolute atomic E-state index is 0.143. The van der Waals surface area contributed by atoms with Gasteiger partial charge in [-0.1, -0.05) is 12.1 Å². The van der Waals surface area contributed by atoms with Crippen molar-refractivity contribution in [3.05, 3.63) is 34.9 Å². The zero-order chi connectivity index (χ0) is 12.5. The molecule has 0 unspecified atom stereocenters. The fraction of sp³-hybridized carbons (Fsp3) is 0.500. The molecule has 3 heteroatoms. The van der Waals surface area contributed by atoms with E-state index >= 15 is 0 Å². The third-order valence-electron chi connectivity index (χ3n) is 2.97. The van der Waals surface area contributed by atoms with Crippen molar-refractivity contribution in [3.8, 4) is 0 Å². The number of hydrogen-bond acceptors (Lipinski definition) is 3. The third-order valence-corrected chi connectivity index (χ3v) is 2.97. The molecule has 2 rings (SSSR count). The standard InChI is InChI=1S/C14H19NO2/c1-10-5-4-6-12(11(10)7-8-16)13-15-14(2,3)9-17-13/h4-6,16H,7-9H2,1-3H3. The maximum absolute atomic E-state index is 9.13. The number of hydrogen-bond donors (Lipinski definition) is 1. The van der Waals surface area contributed by atoms with Crippen LogP contribution in [-0.2, 0) is 11.2 Å². The molecule has 0 atom stereocenters. The van der Waals surface area contributed by atoms with Crippen LogP contribution < -0.4 is 0 Å². The molecule has 0 spiro atoms. The number of aliphatic imine (C=N–C) groups is 1. The van der Waals surface area contributed by atoms with Gasteiger partial charge in [0.1, 0.15) is 6.61 Å². The van der Waals surface area contributed by atoms with Gasteiger partial charge >= 0.3 is 0 Å². The highest BCUT2D eigenvalue weighted by Crippen LogP contribution is 2.24. The highest BCUT2D eigenvalue weighted by Gasteiger charge is 2.28. The SMILES string of the molecule is Cc1cccc(C2=NC(C)(C)CO2)c1CCO. The summed E-state index contributed by atoms with van der Waals surface area (Å²) in [7, 11) is 0. The van der Waals surface area contributed by atoms with Crippen molar-refractivity contribution < 1.29 is 9.84 Å². The number of aryl methyl sites for hydroxylation is 1. The van der Waals surface area contributed by atoms with Crippen molar-refractivity contribution in [2.24, 2.45) is 4.99 Å². The number of aliphatic hydroxyl groups excluding tert-OH is 1. The highest BCUT2D eigenvalue weighted by molar-refractivity contribution is 5.97. The van der Waals surface area contributed by atoms with E-state index in [4.69, 9.17) is 9.84 Å². The largest absolute Gasteiger partial charge is 0.475 e. The molecule has 0 amide bonds. The average Bonchev–Trinajstić information content (AvgIpc) is 2.62. The molecule has 1 aliphatic rings. The van der Waals surface area contributed by atoms with Gasteiger partial charge in [0.15, 0.2) is 0 Å². The van der Waals surface area contributed by atoms with Crippen molar-refractivity contribution >= 4 is 5.90 Å². The van der Waals surface area contributed by atoms with Gasteiger partial charge in [0, 0.05) is 12.2 Å². The Bertz CT molecular complexity index is 450. The minimum atomic E-state index is -0.143. The summed E-state index contributed by atoms with van der Waals surface area (Å²) in [6, 6.07) is 6.07. The summed E-state index contributed by atoms with van der Waals surface area (Å²) in [4.78, 5) is 4.59. The van der Waals surface area contributed by atoms with Crippen LogP contribution in [-0.4, -0.2) is 29.8 Å². The Morgan fingerprint density at radius 3 is 2.76 bits per heavy atom. The summed E-state index contributed by atoms with van der Waals surface area (Å²) in [5.74, 6) is 0.710. The average molecular weight is 233 g/mol. The fourth-order valence-electron chi connectivity index (χ4n) is 2.07. The van der Waals surface area contributed by atoms with Crippen molar-refractivity contribution in [2.75, 3.05) is 13.2 Å². The normalized spacial score (nSPS) is 17.8. The second-order valence-electron chi connectivity index (χ2n) is 5.09. The van der Waals surface area contributed by atoms with Crippen LogP contribution in [0.4, 0.5) is 0 Å². The minimum Gasteiger partial charge on any atom is -0.475 e. The Hall–Kier alpha value is -1.35. The van der Waals surface area contributed by atoms with Gasteiger partial charge in [-0.25, -0.2) is 4.99 Å². The molecule has 0 fully saturated rings. The first-order valence-electron chi connectivity index (χ1n) is 5.96. The predicted octanol–water partition coefficient (Wildman–Crippen LogP) is 2.09. The molecule has 1 aromatic rings. The number of nitrogens with zero attached hydrogens (tertiary/aromatic N) is 1.